The van der Waals surface area contributed by atoms with Crippen molar-refractivity contribution in [1.82, 2.24) is 9.88 Å². The zero-order valence-corrected chi connectivity index (χ0v) is 10.1. The minimum atomic E-state index is 0.0844. The maximum absolute atomic E-state index is 11.6. The molecule has 1 amide bonds. The lowest BCUT2D eigenvalue weighted by Crippen LogP contribution is -2.27. The van der Waals surface area contributed by atoms with Gasteiger partial charge in [-0.2, -0.15) is 0 Å². The second kappa shape index (κ2) is 6.33. The van der Waals surface area contributed by atoms with Gasteiger partial charge in [-0.05, 0) is 24.1 Å². The lowest BCUT2D eigenvalue weighted by molar-refractivity contribution is -0.122. The summed E-state index contributed by atoms with van der Waals surface area (Å²) in [5.74, 6) is 0.386. The number of nitrogens with two attached hydrogens (primary N) is 1. The van der Waals surface area contributed by atoms with E-state index in [0.29, 0.717) is 25.4 Å². The Bertz CT molecular complexity index is 329. The third-order valence-corrected chi connectivity index (χ3v) is 2.77. The van der Waals surface area contributed by atoms with Gasteiger partial charge in [0.05, 0.1) is 0 Å². The molecule has 0 radical (unpaired) electrons. The van der Waals surface area contributed by atoms with Crippen LogP contribution < -0.4 is 11.1 Å². The Morgan fingerprint density at radius 1 is 1.62 bits per heavy atom. The number of nitrogens with zero attached hydrogens (tertiary/aromatic N) is 1. The van der Waals surface area contributed by atoms with Gasteiger partial charge in [-0.3, -0.25) is 4.79 Å². The maximum atomic E-state index is 11.6. The van der Waals surface area contributed by atoms with E-state index in [-0.39, 0.29) is 5.91 Å². The molecular formula is C12H21N3O. The van der Waals surface area contributed by atoms with Crippen molar-refractivity contribution in [3.05, 3.63) is 24.0 Å². The molecule has 0 fully saturated rings. The molecule has 0 bridgehead atoms. The second-order valence-electron chi connectivity index (χ2n) is 4.18. The molecule has 1 atom stereocenters. The van der Waals surface area contributed by atoms with Gasteiger partial charge < -0.3 is 15.6 Å². The molecule has 4 nitrogen and oxygen atoms in total. The third-order valence-electron chi connectivity index (χ3n) is 2.77. The number of nitrogens with one attached hydrogen (secondary N) is 1. The van der Waals surface area contributed by atoms with Crippen LogP contribution in [0.15, 0.2) is 18.5 Å². The van der Waals surface area contributed by atoms with Crippen molar-refractivity contribution in [2.75, 3.05) is 6.54 Å². The number of aryl methyl sites for hydroxylation is 1. The first-order valence-corrected chi connectivity index (χ1v) is 5.73. The highest BCUT2D eigenvalue weighted by molar-refractivity contribution is 5.76. The van der Waals surface area contributed by atoms with Gasteiger partial charge >= 0.3 is 0 Å². The summed E-state index contributed by atoms with van der Waals surface area (Å²) < 4.78 is 1.97. The normalized spacial score (nSPS) is 12.4. The molecule has 0 aromatic carbocycles. The molecule has 0 aliphatic rings. The van der Waals surface area contributed by atoms with Gasteiger partial charge in [0.15, 0.2) is 0 Å². The van der Waals surface area contributed by atoms with Gasteiger partial charge in [-0.1, -0.05) is 13.3 Å². The molecule has 0 saturated heterocycles. The average Bonchev–Trinajstić information content (AvgIpc) is 2.69. The van der Waals surface area contributed by atoms with Crippen molar-refractivity contribution in [2.24, 2.45) is 18.7 Å². The Labute approximate surface area is 96.8 Å². The van der Waals surface area contributed by atoms with Crippen LogP contribution in [0.1, 0.15) is 25.3 Å². The van der Waals surface area contributed by atoms with Gasteiger partial charge in [-0.25, -0.2) is 0 Å². The zero-order valence-electron chi connectivity index (χ0n) is 10.1. The van der Waals surface area contributed by atoms with E-state index in [9.17, 15) is 4.79 Å². The highest BCUT2D eigenvalue weighted by Crippen LogP contribution is 2.06. The first kappa shape index (κ1) is 12.8. The van der Waals surface area contributed by atoms with E-state index < -0.39 is 0 Å². The molecule has 1 aromatic rings. The van der Waals surface area contributed by atoms with E-state index in [1.807, 2.05) is 30.1 Å². The standard InChI is InChI=1S/C12H21N3O/c1-3-10(7-13)6-12(16)14-8-11-4-5-15(2)9-11/h4-5,9-10H,3,6-8,13H2,1-2H3,(H,14,16). The Morgan fingerprint density at radius 2 is 2.38 bits per heavy atom. The molecule has 0 aliphatic carbocycles. The van der Waals surface area contributed by atoms with E-state index in [1.165, 1.54) is 0 Å². The van der Waals surface area contributed by atoms with Crippen molar-refractivity contribution < 1.29 is 4.79 Å². The van der Waals surface area contributed by atoms with Gasteiger partial charge in [0.2, 0.25) is 5.91 Å². The summed E-state index contributed by atoms with van der Waals surface area (Å²) in [5.41, 5.74) is 6.68. The number of hydrogen-bond donors (Lipinski definition) is 2. The first-order chi connectivity index (χ1) is 7.65. The van der Waals surface area contributed by atoms with Crippen molar-refractivity contribution >= 4 is 5.91 Å². The van der Waals surface area contributed by atoms with E-state index in [1.54, 1.807) is 0 Å². The summed E-state index contributed by atoms with van der Waals surface area (Å²) in [6, 6.07) is 2.00. The minimum absolute atomic E-state index is 0.0844. The molecule has 1 unspecified atom stereocenters. The topological polar surface area (TPSA) is 60.1 Å². The predicted octanol–water partition coefficient (Wildman–Crippen LogP) is 1.02. The molecule has 4 heteroatoms. The van der Waals surface area contributed by atoms with E-state index >= 15 is 0 Å². The number of carbonyl (C=O) groups excluding carboxylic acids is 1. The Hall–Kier alpha value is -1.29. The fourth-order valence-corrected chi connectivity index (χ4v) is 1.59. The highest BCUT2D eigenvalue weighted by Gasteiger charge is 2.09. The van der Waals surface area contributed by atoms with E-state index in [0.717, 1.165) is 12.0 Å². The summed E-state index contributed by atoms with van der Waals surface area (Å²) in [6.45, 7) is 3.23. The third kappa shape index (κ3) is 4.06. The van der Waals surface area contributed by atoms with Crippen LogP contribution in [0.5, 0.6) is 0 Å². The number of aromatic nitrogens is 1. The van der Waals surface area contributed by atoms with Gasteiger partial charge in [-0.15, -0.1) is 0 Å². The van der Waals surface area contributed by atoms with E-state index in [4.69, 9.17) is 5.73 Å². The van der Waals surface area contributed by atoms with Crippen LogP contribution >= 0.6 is 0 Å². The predicted molar refractivity (Wildman–Crippen MR) is 64.7 cm³/mol. The number of carbonyl (C=O) groups is 1. The van der Waals surface area contributed by atoms with Crippen molar-refractivity contribution in [2.45, 2.75) is 26.3 Å². The van der Waals surface area contributed by atoms with Crippen LogP contribution in [-0.4, -0.2) is 17.0 Å². The number of amides is 1. The second-order valence-corrected chi connectivity index (χ2v) is 4.18. The summed E-state index contributed by atoms with van der Waals surface area (Å²) in [6.07, 6.45) is 5.45. The van der Waals surface area contributed by atoms with Gasteiger partial charge in [0.1, 0.15) is 0 Å². The first-order valence-electron chi connectivity index (χ1n) is 5.73. The van der Waals surface area contributed by atoms with Crippen LogP contribution in [0.2, 0.25) is 0 Å². The SMILES string of the molecule is CCC(CN)CC(=O)NCc1ccn(C)c1. The van der Waals surface area contributed by atoms with Crippen LogP contribution in [0, 0.1) is 5.92 Å². The fourth-order valence-electron chi connectivity index (χ4n) is 1.59. The number of rotatable bonds is 6. The lowest BCUT2D eigenvalue weighted by atomic mass is 10.0. The monoisotopic (exact) mass is 223 g/mol. The van der Waals surface area contributed by atoms with Gasteiger partial charge in [0, 0.05) is 32.4 Å². The summed E-state index contributed by atoms with van der Waals surface area (Å²) in [5, 5.41) is 2.90. The quantitative estimate of drug-likeness (QED) is 0.756. The Morgan fingerprint density at radius 3 is 2.88 bits per heavy atom. The summed E-state index contributed by atoms with van der Waals surface area (Å²) in [4.78, 5) is 11.6. The van der Waals surface area contributed by atoms with Crippen molar-refractivity contribution in [3.8, 4) is 0 Å². The van der Waals surface area contributed by atoms with Crippen molar-refractivity contribution in [3.63, 3.8) is 0 Å². The largest absolute Gasteiger partial charge is 0.357 e. The Kier molecular flexibility index (Phi) is 5.05. The molecule has 1 heterocycles. The summed E-state index contributed by atoms with van der Waals surface area (Å²) >= 11 is 0. The average molecular weight is 223 g/mol. The minimum Gasteiger partial charge on any atom is -0.357 e. The highest BCUT2D eigenvalue weighted by atomic mass is 16.1. The molecule has 0 saturated carbocycles. The molecule has 90 valence electrons. The molecule has 0 aliphatic heterocycles. The van der Waals surface area contributed by atoms with Crippen LogP contribution in [0.4, 0.5) is 0 Å². The van der Waals surface area contributed by atoms with Crippen molar-refractivity contribution in [1.29, 1.82) is 0 Å². The molecule has 1 aromatic heterocycles. The van der Waals surface area contributed by atoms with E-state index in [2.05, 4.69) is 12.2 Å². The fraction of sp³-hybridized carbons (Fsp3) is 0.583. The molecule has 1 rings (SSSR count). The summed E-state index contributed by atoms with van der Waals surface area (Å²) in [7, 11) is 1.97. The molecule has 16 heavy (non-hydrogen) atoms. The maximum Gasteiger partial charge on any atom is 0.220 e. The van der Waals surface area contributed by atoms with Gasteiger partial charge in [0.25, 0.3) is 0 Å². The van der Waals surface area contributed by atoms with Crippen LogP contribution in [-0.2, 0) is 18.4 Å². The zero-order chi connectivity index (χ0) is 12.0. The Balaban J connectivity index is 2.30. The number of hydrogen-bond acceptors (Lipinski definition) is 2. The molecule has 3 N–H and O–H groups in total. The van der Waals surface area contributed by atoms with Crippen LogP contribution in [0.3, 0.4) is 0 Å². The molecule has 0 spiro atoms. The van der Waals surface area contributed by atoms with Crippen LogP contribution in [0.25, 0.3) is 0 Å². The smallest absolute Gasteiger partial charge is 0.220 e. The lowest BCUT2D eigenvalue weighted by Gasteiger charge is -2.11. The molecular weight excluding hydrogens is 202 g/mol.